The fourth-order valence-electron chi connectivity index (χ4n) is 2.18. The summed E-state index contributed by atoms with van der Waals surface area (Å²) < 4.78 is 10.5. The molecule has 25 heavy (non-hydrogen) atoms. The number of benzene rings is 2. The van der Waals surface area contributed by atoms with Crippen LogP contribution in [0.5, 0.6) is 11.5 Å². The summed E-state index contributed by atoms with van der Waals surface area (Å²) in [7, 11) is 3.02. The van der Waals surface area contributed by atoms with Gasteiger partial charge in [0.25, 0.3) is 5.91 Å². The van der Waals surface area contributed by atoms with Crippen molar-refractivity contribution in [3.8, 4) is 11.5 Å². The lowest BCUT2D eigenvalue weighted by Crippen LogP contribution is -2.18. The van der Waals surface area contributed by atoms with Crippen molar-refractivity contribution in [3.05, 3.63) is 48.0 Å². The Morgan fingerprint density at radius 1 is 0.920 bits per heavy atom. The molecule has 6 heteroatoms. The molecule has 0 aromatic heterocycles. The third-order valence-corrected chi connectivity index (χ3v) is 3.59. The van der Waals surface area contributed by atoms with Crippen LogP contribution in [0, 0.1) is 5.92 Å². The Hall–Kier alpha value is -3.02. The molecule has 2 aromatic carbocycles. The van der Waals surface area contributed by atoms with Crippen molar-refractivity contribution in [3.63, 3.8) is 0 Å². The number of hydrogen-bond acceptors (Lipinski definition) is 4. The zero-order valence-electron chi connectivity index (χ0n) is 14.8. The molecule has 0 radical (unpaired) electrons. The Kier molecular flexibility index (Phi) is 6.00. The van der Waals surface area contributed by atoms with Crippen LogP contribution in [0.4, 0.5) is 11.4 Å². The van der Waals surface area contributed by atoms with Crippen LogP contribution in [0.15, 0.2) is 42.5 Å². The molecule has 6 nitrogen and oxygen atoms in total. The molecule has 0 saturated carbocycles. The van der Waals surface area contributed by atoms with Crippen LogP contribution in [-0.4, -0.2) is 26.0 Å². The molecule has 0 unspecified atom stereocenters. The summed E-state index contributed by atoms with van der Waals surface area (Å²) in [5.41, 5.74) is 1.54. The molecule has 0 atom stereocenters. The van der Waals surface area contributed by atoms with E-state index in [0.717, 1.165) is 0 Å². The first-order valence-electron chi connectivity index (χ1n) is 7.89. The first-order chi connectivity index (χ1) is 12.0. The molecular formula is C19H22N2O4. The normalized spacial score (nSPS) is 10.3. The van der Waals surface area contributed by atoms with E-state index < -0.39 is 0 Å². The number of carbonyl (C=O) groups is 2. The van der Waals surface area contributed by atoms with Crippen LogP contribution >= 0.6 is 0 Å². The van der Waals surface area contributed by atoms with Gasteiger partial charge in [0.05, 0.1) is 25.5 Å². The number of carbonyl (C=O) groups excluding carboxylic acids is 2. The Morgan fingerprint density at radius 2 is 1.60 bits per heavy atom. The summed E-state index contributed by atoms with van der Waals surface area (Å²) in [5.74, 6) is 0.414. The molecule has 2 N–H and O–H groups in total. The van der Waals surface area contributed by atoms with E-state index in [1.807, 2.05) is 13.8 Å². The number of para-hydroxylation sites is 1. The van der Waals surface area contributed by atoms with Gasteiger partial charge in [-0.05, 0) is 24.3 Å². The quantitative estimate of drug-likeness (QED) is 0.842. The molecule has 0 saturated heterocycles. The molecule has 0 aliphatic heterocycles. The maximum atomic E-state index is 12.4. The molecule has 0 aliphatic carbocycles. The minimum Gasteiger partial charge on any atom is -0.496 e. The van der Waals surface area contributed by atoms with Crippen LogP contribution in [0.2, 0.25) is 0 Å². The predicted octanol–water partition coefficient (Wildman–Crippen LogP) is 3.55. The zero-order chi connectivity index (χ0) is 18.4. The average Bonchev–Trinajstić information content (AvgIpc) is 2.62. The van der Waals surface area contributed by atoms with E-state index in [0.29, 0.717) is 28.4 Å². The lowest BCUT2D eigenvalue weighted by molar-refractivity contribution is -0.118. The van der Waals surface area contributed by atoms with Gasteiger partial charge < -0.3 is 20.1 Å². The van der Waals surface area contributed by atoms with E-state index in [4.69, 9.17) is 9.47 Å². The minimum absolute atomic E-state index is 0.107. The lowest BCUT2D eigenvalue weighted by Gasteiger charge is -2.14. The zero-order valence-corrected chi connectivity index (χ0v) is 14.8. The first-order valence-corrected chi connectivity index (χ1v) is 7.89. The van der Waals surface area contributed by atoms with Gasteiger partial charge in [-0.3, -0.25) is 9.59 Å². The van der Waals surface area contributed by atoms with Crippen molar-refractivity contribution in [2.45, 2.75) is 13.8 Å². The van der Waals surface area contributed by atoms with Crippen molar-refractivity contribution in [2.75, 3.05) is 24.9 Å². The third kappa shape index (κ3) is 4.50. The predicted molar refractivity (Wildman–Crippen MR) is 97.4 cm³/mol. The van der Waals surface area contributed by atoms with Gasteiger partial charge in [0.15, 0.2) is 0 Å². The summed E-state index contributed by atoms with van der Waals surface area (Å²) in [6.45, 7) is 3.62. The Labute approximate surface area is 147 Å². The second kappa shape index (κ2) is 8.19. The molecular weight excluding hydrogens is 320 g/mol. The van der Waals surface area contributed by atoms with E-state index in [-0.39, 0.29) is 17.7 Å². The first kappa shape index (κ1) is 18.3. The van der Waals surface area contributed by atoms with Gasteiger partial charge in [-0.15, -0.1) is 0 Å². The van der Waals surface area contributed by atoms with Crippen LogP contribution in [-0.2, 0) is 4.79 Å². The molecule has 2 rings (SSSR count). The van der Waals surface area contributed by atoms with Crippen molar-refractivity contribution in [2.24, 2.45) is 5.92 Å². The Bertz CT molecular complexity index is 772. The SMILES string of the molecule is COc1cc(NC(=O)c2ccccc2OC)ccc1NC(=O)C(C)C. The van der Waals surface area contributed by atoms with Crippen molar-refractivity contribution in [1.29, 1.82) is 0 Å². The van der Waals surface area contributed by atoms with Crippen molar-refractivity contribution >= 4 is 23.2 Å². The molecule has 2 amide bonds. The monoisotopic (exact) mass is 342 g/mol. The topological polar surface area (TPSA) is 76.7 Å². The van der Waals surface area contributed by atoms with E-state index in [2.05, 4.69) is 10.6 Å². The van der Waals surface area contributed by atoms with Gasteiger partial charge >= 0.3 is 0 Å². The maximum Gasteiger partial charge on any atom is 0.259 e. The van der Waals surface area contributed by atoms with Crippen molar-refractivity contribution in [1.82, 2.24) is 0 Å². The Balaban J connectivity index is 2.20. The van der Waals surface area contributed by atoms with Gasteiger partial charge in [-0.25, -0.2) is 0 Å². The second-order valence-electron chi connectivity index (χ2n) is 5.71. The van der Waals surface area contributed by atoms with Crippen LogP contribution in [0.3, 0.4) is 0 Å². The van der Waals surface area contributed by atoms with Gasteiger partial charge in [-0.1, -0.05) is 26.0 Å². The van der Waals surface area contributed by atoms with Crippen LogP contribution in [0.1, 0.15) is 24.2 Å². The second-order valence-corrected chi connectivity index (χ2v) is 5.71. The highest BCUT2D eigenvalue weighted by Crippen LogP contribution is 2.29. The summed E-state index contributed by atoms with van der Waals surface area (Å²) in [5, 5.41) is 5.59. The highest BCUT2D eigenvalue weighted by molar-refractivity contribution is 6.06. The maximum absolute atomic E-state index is 12.4. The summed E-state index contributed by atoms with van der Waals surface area (Å²) in [4.78, 5) is 24.3. The van der Waals surface area contributed by atoms with E-state index in [9.17, 15) is 9.59 Å². The minimum atomic E-state index is -0.293. The van der Waals surface area contributed by atoms with Gasteiger partial charge in [-0.2, -0.15) is 0 Å². The highest BCUT2D eigenvalue weighted by atomic mass is 16.5. The summed E-state index contributed by atoms with van der Waals surface area (Å²) in [6.07, 6.45) is 0. The van der Waals surface area contributed by atoms with Gasteiger partial charge in [0.2, 0.25) is 5.91 Å². The number of methoxy groups -OCH3 is 2. The summed E-state index contributed by atoms with van der Waals surface area (Å²) in [6, 6.07) is 12.0. The van der Waals surface area contributed by atoms with Crippen molar-refractivity contribution < 1.29 is 19.1 Å². The lowest BCUT2D eigenvalue weighted by atomic mass is 10.1. The third-order valence-electron chi connectivity index (χ3n) is 3.59. The number of amides is 2. The molecule has 0 spiro atoms. The fraction of sp³-hybridized carbons (Fsp3) is 0.263. The molecule has 2 aromatic rings. The number of ether oxygens (including phenoxy) is 2. The average molecular weight is 342 g/mol. The molecule has 0 aliphatic rings. The Morgan fingerprint density at radius 3 is 2.24 bits per heavy atom. The highest BCUT2D eigenvalue weighted by Gasteiger charge is 2.14. The number of rotatable bonds is 6. The molecule has 0 bridgehead atoms. The molecule has 132 valence electrons. The summed E-state index contributed by atoms with van der Waals surface area (Å²) >= 11 is 0. The van der Waals surface area contributed by atoms with Gasteiger partial charge in [0.1, 0.15) is 11.5 Å². The smallest absolute Gasteiger partial charge is 0.259 e. The standard InChI is InChI=1S/C19H22N2O4/c1-12(2)18(22)21-15-10-9-13(11-17(15)25-4)20-19(23)14-7-5-6-8-16(14)24-3/h5-12H,1-4H3,(H,20,23)(H,21,22). The number of anilines is 2. The van der Waals surface area contributed by atoms with E-state index >= 15 is 0 Å². The van der Waals surface area contributed by atoms with Crippen LogP contribution < -0.4 is 20.1 Å². The van der Waals surface area contributed by atoms with Crippen LogP contribution in [0.25, 0.3) is 0 Å². The largest absolute Gasteiger partial charge is 0.496 e. The molecule has 0 heterocycles. The molecule has 0 fully saturated rings. The number of hydrogen-bond donors (Lipinski definition) is 2. The van der Waals surface area contributed by atoms with E-state index in [1.165, 1.54) is 14.2 Å². The number of nitrogens with one attached hydrogen (secondary N) is 2. The van der Waals surface area contributed by atoms with E-state index in [1.54, 1.807) is 42.5 Å². The van der Waals surface area contributed by atoms with Gasteiger partial charge in [0, 0.05) is 17.7 Å². The fourth-order valence-corrected chi connectivity index (χ4v) is 2.18.